The van der Waals surface area contributed by atoms with Crippen LogP contribution in [-0.2, 0) is 0 Å². The number of urea groups is 2. The minimum absolute atomic E-state index is 0.0370. The Morgan fingerprint density at radius 1 is 1.33 bits per heavy atom. The van der Waals surface area contributed by atoms with Gasteiger partial charge in [0.2, 0.25) is 0 Å². The summed E-state index contributed by atoms with van der Waals surface area (Å²) < 4.78 is 0.0370. The van der Waals surface area contributed by atoms with E-state index in [1.165, 1.54) is 7.05 Å². The van der Waals surface area contributed by atoms with Crippen molar-refractivity contribution >= 4 is 12.1 Å². The maximum Gasteiger partial charge on any atom is 0.451 e. The Hall–Kier alpha value is -1.10. The predicted molar refractivity (Wildman–Crippen MR) is 43.0 cm³/mol. The van der Waals surface area contributed by atoms with Gasteiger partial charge in [0, 0.05) is 7.05 Å². The molecule has 5 heteroatoms. The van der Waals surface area contributed by atoms with Gasteiger partial charge in [-0.15, -0.1) is 4.59 Å². The molecule has 1 N–H and O–H groups in total. The van der Waals surface area contributed by atoms with Crippen molar-refractivity contribution in [2.24, 2.45) is 0 Å². The zero-order valence-corrected chi connectivity index (χ0v) is 7.63. The summed E-state index contributed by atoms with van der Waals surface area (Å²) in [6, 6.07) is -0.492. The van der Waals surface area contributed by atoms with Crippen LogP contribution in [0.5, 0.6) is 0 Å². The Labute approximate surface area is 71.5 Å². The van der Waals surface area contributed by atoms with Crippen molar-refractivity contribution in [3.8, 4) is 0 Å². The first-order valence-electron chi connectivity index (χ1n) is 4.05. The van der Waals surface area contributed by atoms with Gasteiger partial charge in [0.05, 0.1) is 0 Å². The third-order valence-electron chi connectivity index (χ3n) is 2.35. The molecular weight excluding hydrogens is 158 g/mol. The molecule has 1 aliphatic rings. The lowest BCUT2D eigenvalue weighted by Crippen LogP contribution is -2.56. The topological polar surface area (TPSA) is 49.4 Å². The van der Waals surface area contributed by atoms with Crippen LogP contribution >= 0.6 is 0 Å². The van der Waals surface area contributed by atoms with E-state index in [4.69, 9.17) is 0 Å². The molecule has 0 bridgehead atoms. The van der Waals surface area contributed by atoms with Gasteiger partial charge in [0.15, 0.2) is 0 Å². The number of hydrogen-bond acceptors (Lipinski definition) is 2. The maximum atomic E-state index is 11.5. The summed E-state index contributed by atoms with van der Waals surface area (Å²) >= 11 is 0. The highest BCUT2D eigenvalue weighted by Crippen LogP contribution is 2.13. The SMILES string of the molecule is CC[N+]1(CC)NC(=O)N(C)C1=O. The lowest BCUT2D eigenvalue weighted by molar-refractivity contribution is -0.876. The fourth-order valence-electron chi connectivity index (χ4n) is 1.33. The number of quaternary nitrogens is 1. The van der Waals surface area contributed by atoms with E-state index in [9.17, 15) is 9.59 Å². The molecule has 0 atom stereocenters. The monoisotopic (exact) mass is 172 g/mol. The van der Waals surface area contributed by atoms with Crippen molar-refractivity contribution in [2.45, 2.75) is 13.8 Å². The standard InChI is InChI=1S/C7H13N3O2/c1-4-10(5-2)7(12)9(3)6(11)8-10/h4-5H2,1-3H3/p+1. The molecule has 0 spiro atoms. The van der Waals surface area contributed by atoms with Crippen molar-refractivity contribution in [2.75, 3.05) is 20.1 Å². The van der Waals surface area contributed by atoms with Gasteiger partial charge < -0.3 is 0 Å². The maximum absolute atomic E-state index is 11.5. The highest BCUT2D eigenvalue weighted by Gasteiger charge is 2.48. The highest BCUT2D eigenvalue weighted by molar-refractivity contribution is 5.93. The van der Waals surface area contributed by atoms with E-state index in [1.807, 2.05) is 13.8 Å². The predicted octanol–water partition coefficient (Wildman–Crippen LogP) is 0.533. The second-order valence-corrected chi connectivity index (χ2v) is 2.86. The minimum Gasteiger partial charge on any atom is -0.243 e. The summed E-state index contributed by atoms with van der Waals surface area (Å²) in [5.41, 5.74) is 2.64. The summed E-state index contributed by atoms with van der Waals surface area (Å²) in [4.78, 5) is 23.7. The molecule has 68 valence electrons. The first-order chi connectivity index (χ1) is 5.57. The van der Waals surface area contributed by atoms with Crippen molar-refractivity contribution in [3.63, 3.8) is 0 Å². The number of hydrogen-bond donors (Lipinski definition) is 1. The number of amides is 4. The smallest absolute Gasteiger partial charge is 0.243 e. The number of nitrogens with one attached hydrogen (secondary N) is 1. The fraction of sp³-hybridized carbons (Fsp3) is 0.714. The first-order valence-corrected chi connectivity index (χ1v) is 4.05. The third-order valence-corrected chi connectivity index (χ3v) is 2.35. The molecule has 1 saturated heterocycles. The van der Waals surface area contributed by atoms with Gasteiger partial charge >= 0.3 is 12.1 Å². The molecule has 0 radical (unpaired) electrons. The van der Waals surface area contributed by atoms with E-state index in [-0.39, 0.29) is 16.7 Å². The molecule has 0 unspecified atom stereocenters. The number of carbonyl (C=O) groups excluding carboxylic acids is 2. The summed E-state index contributed by atoms with van der Waals surface area (Å²) in [6.45, 7) is 4.93. The summed E-state index contributed by atoms with van der Waals surface area (Å²) in [6.07, 6.45) is 0. The van der Waals surface area contributed by atoms with E-state index in [2.05, 4.69) is 5.43 Å². The van der Waals surface area contributed by atoms with Crippen LogP contribution in [0.15, 0.2) is 0 Å². The van der Waals surface area contributed by atoms with Crippen LogP contribution in [0.3, 0.4) is 0 Å². The molecule has 1 fully saturated rings. The Morgan fingerprint density at radius 3 is 2.00 bits per heavy atom. The summed E-state index contributed by atoms with van der Waals surface area (Å²) in [5.74, 6) is 0. The number of carbonyl (C=O) groups is 2. The molecule has 0 aromatic carbocycles. The van der Waals surface area contributed by atoms with Gasteiger partial charge in [-0.1, -0.05) is 0 Å². The van der Waals surface area contributed by atoms with Gasteiger partial charge in [0.25, 0.3) is 0 Å². The van der Waals surface area contributed by atoms with Crippen molar-refractivity contribution in [3.05, 3.63) is 0 Å². The van der Waals surface area contributed by atoms with E-state index in [0.717, 1.165) is 4.90 Å². The highest BCUT2D eigenvalue weighted by atomic mass is 16.2. The second kappa shape index (κ2) is 2.75. The van der Waals surface area contributed by atoms with Gasteiger partial charge in [-0.25, -0.2) is 14.5 Å². The Balaban J connectivity index is 2.95. The zero-order valence-electron chi connectivity index (χ0n) is 7.63. The van der Waals surface area contributed by atoms with E-state index in [0.29, 0.717) is 13.1 Å². The summed E-state index contributed by atoms with van der Waals surface area (Å²) in [7, 11) is 1.49. The quantitative estimate of drug-likeness (QED) is 0.618. The Morgan fingerprint density at radius 2 is 1.83 bits per heavy atom. The lowest BCUT2D eigenvalue weighted by Gasteiger charge is -2.24. The van der Waals surface area contributed by atoms with Gasteiger partial charge in [0.1, 0.15) is 13.1 Å². The van der Waals surface area contributed by atoms with Crippen LogP contribution in [0, 0.1) is 0 Å². The van der Waals surface area contributed by atoms with Crippen LogP contribution in [0.25, 0.3) is 0 Å². The van der Waals surface area contributed by atoms with Crippen molar-refractivity contribution in [1.82, 2.24) is 10.3 Å². The average Bonchev–Trinajstić information content (AvgIpc) is 2.30. The third kappa shape index (κ3) is 0.972. The molecule has 1 aliphatic heterocycles. The largest absolute Gasteiger partial charge is 0.451 e. The summed E-state index contributed by atoms with van der Waals surface area (Å²) in [5, 5.41) is 0. The molecule has 0 aromatic heterocycles. The van der Waals surface area contributed by atoms with Crippen LogP contribution < -0.4 is 5.43 Å². The molecule has 1 heterocycles. The second-order valence-electron chi connectivity index (χ2n) is 2.86. The van der Waals surface area contributed by atoms with Crippen LogP contribution in [-0.4, -0.2) is 41.7 Å². The Bertz CT molecular complexity index is 223. The van der Waals surface area contributed by atoms with E-state index < -0.39 is 0 Å². The van der Waals surface area contributed by atoms with E-state index >= 15 is 0 Å². The van der Waals surface area contributed by atoms with Gasteiger partial charge in [-0.05, 0) is 13.8 Å². The normalized spacial score (nSPS) is 21.4. The molecule has 0 saturated carbocycles. The minimum atomic E-state index is -0.316. The van der Waals surface area contributed by atoms with Gasteiger partial charge in [-0.3, -0.25) is 0 Å². The number of nitrogens with zero attached hydrogens (tertiary/aromatic N) is 2. The molecule has 12 heavy (non-hydrogen) atoms. The van der Waals surface area contributed by atoms with Crippen LogP contribution in [0.2, 0.25) is 0 Å². The lowest BCUT2D eigenvalue weighted by atomic mass is 10.5. The molecular formula is C7H14N3O2+. The number of imide groups is 1. The molecule has 0 aliphatic carbocycles. The van der Waals surface area contributed by atoms with Gasteiger partial charge in [-0.2, -0.15) is 5.43 Å². The molecule has 5 nitrogen and oxygen atoms in total. The fourth-order valence-corrected chi connectivity index (χ4v) is 1.33. The molecule has 1 rings (SSSR count). The first kappa shape index (κ1) is 8.99. The number of rotatable bonds is 2. The zero-order chi connectivity index (χ0) is 9.35. The Kier molecular flexibility index (Phi) is 2.06. The molecule has 4 amide bonds. The van der Waals surface area contributed by atoms with Crippen LogP contribution in [0.1, 0.15) is 13.8 Å². The molecule has 0 aromatic rings. The van der Waals surface area contributed by atoms with E-state index in [1.54, 1.807) is 0 Å². The van der Waals surface area contributed by atoms with Crippen molar-refractivity contribution in [1.29, 1.82) is 0 Å². The van der Waals surface area contributed by atoms with Crippen molar-refractivity contribution < 1.29 is 14.2 Å². The van der Waals surface area contributed by atoms with Crippen LogP contribution in [0.4, 0.5) is 9.59 Å². The average molecular weight is 172 g/mol.